The Morgan fingerprint density at radius 1 is 0.889 bits per heavy atom. The molecule has 0 saturated heterocycles. The zero-order valence-electron chi connectivity index (χ0n) is 15.4. The van der Waals surface area contributed by atoms with E-state index >= 15 is 0 Å². The van der Waals surface area contributed by atoms with Crippen molar-refractivity contribution in [2.45, 2.75) is 18.2 Å². The third-order valence-corrected chi connectivity index (χ3v) is 5.09. The van der Waals surface area contributed by atoms with Gasteiger partial charge in [0.1, 0.15) is 0 Å². The van der Waals surface area contributed by atoms with Gasteiger partial charge in [-0.05, 0) is 54.6 Å². The first-order valence-corrected chi connectivity index (χ1v) is 9.93. The second kappa shape index (κ2) is 8.69. The van der Waals surface area contributed by atoms with Crippen LogP contribution >= 0.6 is 11.8 Å². The number of carbonyl (C=O) groups is 2. The summed E-state index contributed by atoms with van der Waals surface area (Å²) in [5, 5.41) is 2.89. The van der Waals surface area contributed by atoms with Gasteiger partial charge in [0, 0.05) is 22.4 Å². The van der Waals surface area contributed by atoms with Gasteiger partial charge < -0.3 is 5.32 Å². The van der Waals surface area contributed by atoms with Crippen LogP contribution in [0.15, 0.2) is 77.7 Å². The fourth-order valence-corrected chi connectivity index (χ4v) is 3.40. The average molecular weight is 375 g/mol. The van der Waals surface area contributed by atoms with Crippen molar-refractivity contribution in [1.82, 2.24) is 0 Å². The summed E-state index contributed by atoms with van der Waals surface area (Å²) in [6.07, 6.45) is 2.31. The molecule has 136 valence electrons. The van der Waals surface area contributed by atoms with Crippen LogP contribution in [-0.2, 0) is 6.42 Å². The molecule has 0 fully saturated rings. The molecule has 0 aliphatic heterocycles. The molecule has 0 spiro atoms. The molecule has 4 heteroatoms. The van der Waals surface area contributed by atoms with Crippen molar-refractivity contribution in [1.29, 1.82) is 0 Å². The number of ketones is 1. The lowest BCUT2D eigenvalue weighted by molar-refractivity contribution is 0.0993. The number of anilines is 1. The van der Waals surface area contributed by atoms with Crippen LogP contribution in [0.5, 0.6) is 0 Å². The van der Waals surface area contributed by atoms with Crippen LogP contribution in [0, 0.1) is 6.92 Å². The van der Waals surface area contributed by atoms with Crippen molar-refractivity contribution in [3.05, 3.63) is 95.1 Å². The highest BCUT2D eigenvalue weighted by atomic mass is 32.2. The number of thioether (sulfide) groups is 1. The molecule has 0 aromatic heterocycles. The van der Waals surface area contributed by atoms with E-state index in [0.29, 0.717) is 23.2 Å². The Bertz CT molecular complexity index is 981. The Morgan fingerprint density at radius 2 is 1.59 bits per heavy atom. The van der Waals surface area contributed by atoms with Gasteiger partial charge in [0.2, 0.25) is 0 Å². The third kappa shape index (κ3) is 4.66. The number of hydrogen-bond donors (Lipinski definition) is 1. The summed E-state index contributed by atoms with van der Waals surface area (Å²) >= 11 is 1.65. The summed E-state index contributed by atoms with van der Waals surface area (Å²) in [7, 11) is 0. The zero-order chi connectivity index (χ0) is 19.2. The van der Waals surface area contributed by atoms with E-state index in [4.69, 9.17) is 0 Å². The van der Waals surface area contributed by atoms with E-state index in [-0.39, 0.29) is 11.7 Å². The maximum atomic E-state index is 12.9. The molecular weight excluding hydrogens is 354 g/mol. The van der Waals surface area contributed by atoms with Gasteiger partial charge in [0.15, 0.2) is 5.78 Å². The Balaban J connectivity index is 1.82. The molecular formula is C23H21NO2S. The molecule has 27 heavy (non-hydrogen) atoms. The standard InChI is InChI=1S/C23H21NO2S/c1-16-8-3-4-11-19(16)23(26)24-21-13-6-5-12-20(21)22(25)15-17-9-7-10-18(14-17)27-2/h3-14H,15H2,1-2H3,(H,24,26). The van der Waals surface area contributed by atoms with Gasteiger partial charge in [-0.1, -0.05) is 42.5 Å². The zero-order valence-corrected chi connectivity index (χ0v) is 16.2. The van der Waals surface area contributed by atoms with Gasteiger partial charge in [-0.3, -0.25) is 9.59 Å². The van der Waals surface area contributed by atoms with E-state index in [2.05, 4.69) is 5.32 Å². The Labute approximate surface area is 163 Å². The molecule has 0 unspecified atom stereocenters. The summed E-state index contributed by atoms with van der Waals surface area (Å²) in [5.41, 5.74) is 3.53. The number of aryl methyl sites for hydroxylation is 1. The Hall–Kier alpha value is -2.85. The van der Waals surface area contributed by atoms with Crippen LogP contribution < -0.4 is 5.32 Å². The number of rotatable bonds is 6. The van der Waals surface area contributed by atoms with E-state index in [1.807, 2.05) is 67.8 Å². The molecule has 0 heterocycles. The minimum atomic E-state index is -0.210. The summed E-state index contributed by atoms with van der Waals surface area (Å²) in [6.45, 7) is 1.89. The summed E-state index contributed by atoms with van der Waals surface area (Å²) in [4.78, 5) is 26.6. The lowest BCUT2D eigenvalue weighted by Gasteiger charge is -2.12. The molecule has 0 aliphatic rings. The molecule has 3 rings (SSSR count). The van der Waals surface area contributed by atoms with Crippen molar-refractivity contribution in [2.75, 3.05) is 11.6 Å². The lowest BCUT2D eigenvalue weighted by atomic mass is 10.0. The molecule has 0 bridgehead atoms. The lowest BCUT2D eigenvalue weighted by Crippen LogP contribution is -2.16. The highest BCUT2D eigenvalue weighted by Crippen LogP contribution is 2.21. The van der Waals surface area contributed by atoms with Crippen molar-refractivity contribution < 1.29 is 9.59 Å². The maximum Gasteiger partial charge on any atom is 0.255 e. The largest absolute Gasteiger partial charge is 0.321 e. The maximum absolute atomic E-state index is 12.9. The van der Waals surface area contributed by atoms with Crippen molar-refractivity contribution in [3.8, 4) is 0 Å². The molecule has 3 aromatic carbocycles. The number of nitrogens with one attached hydrogen (secondary N) is 1. The predicted octanol–water partition coefficient (Wildman–Crippen LogP) is 5.39. The van der Waals surface area contributed by atoms with E-state index in [9.17, 15) is 9.59 Å². The summed E-state index contributed by atoms with van der Waals surface area (Å²) in [6, 6.07) is 22.5. The molecule has 0 saturated carbocycles. The Morgan fingerprint density at radius 3 is 2.33 bits per heavy atom. The SMILES string of the molecule is CSc1cccc(CC(=O)c2ccccc2NC(=O)c2ccccc2C)c1. The fraction of sp³-hybridized carbons (Fsp3) is 0.130. The number of carbonyl (C=O) groups excluding carboxylic acids is 2. The van der Waals surface area contributed by atoms with Gasteiger partial charge in [-0.25, -0.2) is 0 Å². The van der Waals surface area contributed by atoms with Crippen LogP contribution in [0.3, 0.4) is 0 Å². The highest BCUT2D eigenvalue weighted by molar-refractivity contribution is 7.98. The van der Waals surface area contributed by atoms with Crippen LogP contribution in [-0.4, -0.2) is 17.9 Å². The van der Waals surface area contributed by atoms with Gasteiger partial charge in [-0.2, -0.15) is 0 Å². The van der Waals surface area contributed by atoms with Gasteiger partial charge in [-0.15, -0.1) is 11.8 Å². The molecule has 0 radical (unpaired) electrons. The van der Waals surface area contributed by atoms with E-state index in [1.165, 1.54) is 0 Å². The second-order valence-electron chi connectivity index (χ2n) is 6.27. The third-order valence-electron chi connectivity index (χ3n) is 4.36. The average Bonchev–Trinajstić information content (AvgIpc) is 2.68. The quantitative estimate of drug-likeness (QED) is 0.464. The molecule has 3 nitrogen and oxygen atoms in total. The van der Waals surface area contributed by atoms with Crippen LogP contribution in [0.25, 0.3) is 0 Å². The van der Waals surface area contributed by atoms with Gasteiger partial charge in [0.05, 0.1) is 5.69 Å². The second-order valence-corrected chi connectivity index (χ2v) is 7.15. The van der Waals surface area contributed by atoms with Crippen molar-refractivity contribution in [2.24, 2.45) is 0 Å². The monoisotopic (exact) mass is 375 g/mol. The topological polar surface area (TPSA) is 46.2 Å². The molecule has 1 amide bonds. The smallest absolute Gasteiger partial charge is 0.255 e. The summed E-state index contributed by atoms with van der Waals surface area (Å²) in [5.74, 6) is -0.230. The highest BCUT2D eigenvalue weighted by Gasteiger charge is 2.15. The normalized spacial score (nSPS) is 10.4. The molecule has 3 aromatic rings. The van der Waals surface area contributed by atoms with Crippen LogP contribution in [0.4, 0.5) is 5.69 Å². The predicted molar refractivity (Wildman–Crippen MR) is 112 cm³/mol. The van der Waals surface area contributed by atoms with Gasteiger partial charge >= 0.3 is 0 Å². The van der Waals surface area contributed by atoms with Crippen molar-refractivity contribution >= 4 is 29.1 Å². The minimum absolute atomic E-state index is 0.0195. The van der Waals surface area contributed by atoms with Crippen LogP contribution in [0.2, 0.25) is 0 Å². The van der Waals surface area contributed by atoms with Crippen molar-refractivity contribution in [3.63, 3.8) is 0 Å². The first kappa shape index (κ1) is 18.9. The number of benzene rings is 3. The number of para-hydroxylation sites is 1. The van der Waals surface area contributed by atoms with E-state index in [0.717, 1.165) is 16.0 Å². The fourth-order valence-electron chi connectivity index (χ4n) is 2.92. The molecule has 0 atom stereocenters. The Kier molecular flexibility index (Phi) is 6.09. The van der Waals surface area contributed by atoms with E-state index in [1.54, 1.807) is 30.0 Å². The minimum Gasteiger partial charge on any atom is -0.321 e. The number of amides is 1. The number of Topliss-reactive ketones (excluding diaryl/α,β-unsaturated/α-hetero) is 1. The van der Waals surface area contributed by atoms with Crippen LogP contribution in [0.1, 0.15) is 31.8 Å². The van der Waals surface area contributed by atoms with Gasteiger partial charge in [0.25, 0.3) is 5.91 Å². The summed E-state index contributed by atoms with van der Waals surface area (Å²) < 4.78 is 0. The molecule has 1 N–H and O–H groups in total. The number of hydrogen-bond acceptors (Lipinski definition) is 3. The first-order chi connectivity index (χ1) is 13.1. The van der Waals surface area contributed by atoms with E-state index < -0.39 is 0 Å². The molecule has 0 aliphatic carbocycles. The first-order valence-electron chi connectivity index (χ1n) is 8.70.